The van der Waals surface area contributed by atoms with Gasteiger partial charge >= 0.3 is 0 Å². The van der Waals surface area contributed by atoms with Gasteiger partial charge in [0, 0.05) is 30.6 Å². The standard InChI is InChI=1S/C19H24N4O2/c1-13(2)12-23-17(9-10-20-23)22-18(24)8-7-15-11-14-5-3-4-6-16(14)21-19(15)25/h3-6,9-10,13,15H,7-8,11-12H2,1-2H3,(H,21,25)(H,22,24). The second kappa shape index (κ2) is 7.51. The van der Waals surface area contributed by atoms with Crippen LogP contribution in [-0.4, -0.2) is 21.6 Å². The molecule has 2 N–H and O–H groups in total. The van der Waals surface area contributed by atoms with Gasteiger partial charge in [0.05, 0.1) is 6.20 Å². The minimum atomic E-state index is -0.166. The first-order chi connectivity index (χ1) is 12.0. The molecule has 1 aliphatic heterocycles. The quantitative estimate of drug-likeness (QED) is 0.848. The molecule has 0 bridgehead atoms. The van der Waals surface area contributed by atoms with Crippen LogP contribution in [0.25, 0.3) is 0 Å². The first-order valence-corrected chi connectivity index (χ1v) is 8.73. The van der Waals surface area contributed by atoms with Crippen molar-refractivity contribution in [1.29, 1.82) is 0 Å². The predicted octanol–water partition coefficient (Wildman–Crippen LogP) is 3.07. The number of fused-ring (bicyclic) bond motifs is 1. The Morgan fingerprint density at radius 2 is 2.16 bits per heavy atom. The number of anilines is 2. The molecule has 6 heteroatoms. The van der Waals surface area contributed by atoms with Crippen molar-refractivity contribution in [3.8, 4) is 0 Å². The van der Waals surface area contributed by atoms with Gasteiger partial charge < -0.3 is 10.6 Å². The molecule has 1 unspecified atom stereocenters. The Morgan fingerprint density at radius 3 is 2.96 bits per heavy atom. The fraction of sp³-hybridized carbons (Fsp3) is 0.421. The number of carbonyl (C=O) groups is 2. The van der Waals surface area contributed by atoms with Crippen LogP contribution in [0.5, 0.6) is 0 Å². The summed E-state index contributed by atoms with van der Waals surface area (Å²) in [5.74, 6) is 0.897. The summed E-state index contributed by atoms with van der Waals surface area (Å²) in [4.78, 5) is 24.5. The highest BCUT2D eigenvalue weighted by Crippen LogP contribution is 2.27. The predicted molar refractivity (Wildman–Crippen MR) is 97.2 cm³/mol. The molecule has 0 saturated carbocycles. The molecule has 2 amide bonds. The lowest BCUT2D eigenvalue weighted by atomic mass is 9.89. The summed E-state index contributed by atoms with van der Waals surface area (Å²) < 4.78 is 1.80. The van der Waals surface area contributed by atoms with E-state index in [4.69, 9.17) is 0 Å². The van der Waals surface area contributed by atoms with E-state index in [1.54, 1.807) is 16.9 Å². The van der Waals surface area contributed by atoms with Crippen molar-refractivity contribution in [2.24, 2.45) is 11.8 Å². The number of nitrogens with one attached hydrogen (secondary N) is 2. The summed E-state index contributed by atoms with van der Waals surface area (Å²) in [7, 11) is 0. The minimum Gasteiger partial charge on any atom is -0.326 e. The number of amides is 2. The van der Waals surface area contributed by atoms with Crippen LogP contribution in [-0.2, 0) is 22.6 Å². The van der Waals surface area contributed by atoms with Crippen molar-refractivity contribution in [1.82, 2.24) is 9.78 Å². The molecular formula is C19H24N4O2. The third-order valence-corrected chi connectivity index (χ3v) is 4.35. The van der Waals surface area contributed by atoms with E-state index >= 15 is 0 Å². The van der Waals surface area contributed by atoms with Crippen molar-refractivity contribution < 1.29 is 9.59 Å². The van der Waals surface area contributed by atoms with Crippen molar-refractivity contribution >= 4 is 23.3 Å². The lowest BCUT2D eigenvalue weighted by molar-refractivity contribution is -0.121. The third-order valence-electron chi connectivity index (χ3n) is 4.35. The van der Waals surface area contributed by atoms with Crippen LogP contribution in [0.2, 0.25) is 0 Å². The summed E-state index contributed by atoms with van der Waals surface area (Å²) in [5.41, 5.74) is 2.01. The summed E-state index contributed by atoms with van der Waals surface area (Å²) in [6, 6.07) is 9.60. The molecule has 0 aliphatic carbocycles. The van der Waals surface area contributed by atoms with Crippen LogP contribution < -0.4 is 10.6 Å². The highest BCUT2D eigenvalue weighted by Gasteiger charge is 2.26. The molecule has 2 aromatic rings. The van der Waals surface area contributed by atoms with Gasteiger partial charge in [-0.15, -0.1) is 0 Å². The van der Waals surface area contributed by atoms with E-state index in [1.165, 1.54) is 0 Å². The van der Waals surface area contributed by atoms with Crippen LogP contribution in [0.4, 0.5) is 11.5 Å². The van der Waals surface area contributed by atoms with Crippen LogP contribution in [0.15, 0.2) is 36.5 Å². The zero-order chi connectivity index (χ0) is 17.8. The summed E-state index contributed by atoms with van der Waals surface area (Å²) in [6.07, 6.45) is 3.21. The Balaban J connectivity index is 1.55. The molecule has 0 spiro atoms. The molecule has 1 atom stereocenters. The Bertz CT molecular complexity index is 766. The monoisotopic (exact) mass is 340 g/mol. The first kappa shape index (κ1) is 17.2. The molecule has 25 heavy (non-hydrogen) atoms. The van der Waals surface area contributed by atoms with Gasteiger partial charge in [-0.1, -0.05) is 32.0 Å². The smallest absolute Gasteiger partial charge is 0.227 e. The van der Waals surface area contributed by atoms with Gasteiger partial charge in [-0.2, -0.15) is 5.10 Å². The first-order valence-electron chi connectivity index (χ1n) is 8.73. The zero-order valence-electron chi connectivity index (χ0n) is 14.7. The molecule has 0 saturated heterocycles. The number of rotatable bonds is 6. The van der Waals surface area contributed by atoms with Gasteiger partial charge in [0.1, 0.15) is 5.82 Å². The highest BCUT2D eigenvalue weighted by molar-refractivity contribution is 5.96. The molecule has 0 fully saturated rings. The van der Waals surface area contributed by atoms with Crippen molar-refractivity contribution in [3.05, 3.63) is 42.1 Å². The molecule has 132 valence electrons. The molecule has 1 aromatic heterocycles. The zero-order valence-corrected chi connectivity index (χ0v) is 14.7. The number of nitrogens with zero attached hydrogens (tertiary/aromatic N) is 2. The Morgan fingerprint density at radius 1 is 1.36 bits per heavy atom. The van der Waals surface area contributed by atoms with Gasteiger partial charge in [0.15, 0.2) is 0 Å². The van der Waals surface area contributed by atoms with E-state index in [1.807, 2.05) is 24.3 Å². The van der Waals surface area contributed by atoms with Gasteiger partial charge in [-0.05, 0) is 30.4 Å². The maximum atomic E-state index is 12.3. The number of hydrogen-bond donors (Lipinski definition) is 2. The second-order valence-electron chi connectivity index (χ2n) is 6.93. The fourth-order valence-corrected chi connectivity index (χ4v) is 3.09. The van der Waals surface area contributed by atoms with E-state index in [-0.39, 0.29) is 17.7 Å². The number of benzene rings is 1. The Hall–Kier alpha value is -2.63. The molecule has 0 radical (unpaired) electrons. The van der Waals surface area contributed by atoms with Gasteiger partial charge in [0.25, 0.3) is 0 Å². The van der Waals surface area contributed by atoms with Crippen molar-refractivity contribution in [2.75, 3.05) is 10.6 Å². The largest absolute Gasteiger partial charge is 0.326 e. The second-order valence-corrected chi connectivity index (χ2v) is 6.93. The molecule has 1 aromatic carbocycles. The lowest BCUT2D eigenvalue weighted by Crippen LogP contribution is -2.30. The number of carbonyl (C=O) groups excluding carboxylic acids is 2. The van der Waals surface area contributed by atoms with Gasteiger partial charge in [-0.3, -0.25) is 9.59 Å². The number of aromatic nitrogens is 2. The topological polar surface area (TPSA) is 76.0 Å². The molecule has 3 rings (SSSR count). The van der Waals surface area contributed by atoms with Gasteiger partial charge in [-0.25, -0.2) is 4.68 Å². The fourth-order valence-electron chi connectivity index (χ4n) is 3.09. The van der Waals surface area contributed by atoms with E-state index in [9.17, 15) is 9.59 Å². The van der Waals surface area contributed by atoms with Crippen LogP contribution in [0.3, 0.4) is 0 Å². The molecular weight excluding hydrogens is 316 g/mol. The average molecular weight is 340 g/mol. The SMILES string of the molecule is CC(C)Cn1nccc1NC(=O)CCC1Cc2ccccc2NC1=O. The normalized spacial score (nSPS) is 16.4. The average Bonchev–Trinajstić information content (AvgIpc) is 2.99. The van der Waals surface area contributed by atoms with Crippen LogP contribution >= 0.6 is 0 Å². The maximum Gasteiger partial charge on any atom is 0.227 e. The Labute approximate surface area is 147 Å². The number of hydrogen-bond acceptors (Lipinski definition) is 3. The molecule has 2 heterocycles. The van der Waals surface area contributed by atoms with Crippen molar-refractivity contribution in [2.45, 2.75) is 39.7 Å². The minimum absolute atomic E-state index is 0.00338. The summed E-state index contributed by atoms with van der Waals surface area (Å²) in [5, 5.41) is 10.1. The van der Waals surface area contributed by atoms with Crippen LogP contribution in [0, 0.1) is 11.8 Å². The summed E-state index contributed by atoms with van der Waals surface area (Å²) >= 11 is 0. The summed E-state index contributed by atoms with van der Waals surface area (Å²) in [6.45, 7) is 4.96. The van der Waals surface area contributed by atoms with E-state index in [0.717, 1.165) is 17.8 Å². The van der Waals surface area contributed by atoms with Gasteiger partial charge in [0.2, 0.25) is 11.8 Å². The van der Waals surface area contributed by atoms with E-state index in [2.05, 4.69) is 29.6 Å². The lowest BCUT2D eigenvalue weighted by Gasteiger charge is -2.24. The Kier molecular flexibility index (Phi) is 5.16. The molecule has 6 nitrogen and oxygen atoms in total. The molecule has 1 aliphatic rings. The number of para-hydroxylation sites is 1. The highest BCUT2D eigenvalue weighted by atomic mass is 16.2. The van der Waals surface area contributed by atoms with E-state index < -0.39 is 0 Å². The van der Waals surface area contributed by atoms with Crippen molar-refractivity contribution in [3.63, 3.8) is 0 Å². The van der Waals surface area contributed by atoms with E-state index in [0.29, 0.717) is 31.0 Å². The van der Waals surface area contributed by atoms with Crippen LogP contribution in [0.1, 0.15) is 32.3 Å². The maximum absolute atomic E-state index is 12.3. The third kappa shape index (κ3) is 4.26.